The molecule has 0 radical (unpaired) electrons. The number of carbonyl (C=O) groups is 3. The van der Waals surface area contributed by atoms with E-state index in [4.69, 9.17) is 10.00 Å². The maximum absolute atomic E-state index is 11.9. The zero-order valence-electron chi connectivity index (χ0n) is 11.7. The highest BCUT2D eigenvalue weighted by atomic mass is 32.1. The summed E-state index contributed by atoms with van der Waals surface area (Å²) in [5.41, 5.74) is 0.732. The predicted octanol–water partition coefficient (Wildman–Crippen LogP) is 0.697. The fraction of sp³-hybridized carbons (Fsp3) is 0.462. The van der Waals surface area contributed by atoms with Gasteiger partial charge in [0.25, 0.3) is 0 Å². The Morgan fingerprint density at radius 3 is 2.76 bits per heavy atom. The molecule has 1 N–H and O–H groups in total. The van der Waals surface area contributed by atoms with Gasteiger partial charge in [0.15, 0.2) is 18.3 Å². The molecule has 0 saturated heterocycles. The first-order chi connectivity index (χ1) is 9.93. The Hall–Kier alpha value is -2.27. The number of ether oxygens (including phenoxy) is 1. The second-order valence-corrected chi connectivity index (χ2v) is 5.14. The van der Waals surface area contributed by atoms with Gasteiger partial charge in [-0.2, -0.15) is 5.26 Å². The maximum Gasteiger partial charge on any atom is 0.308 e. The van der Waals surface area contributed by atoms with Crippen LogP contribution in [0.3, 0.4) is 0 Å². The number of esters is 1. The molecule has 0 spiro atoms. The normalized spacial score (nSPS) is 11.3. The van der Waals surface area contributed by atoms with Crippen molar-refractivity contribution in [3.05, 3.63) is 16.1 Å². The fourth-order valence-electron chi connectivity index (χ4n) is 1.42. The number of ketones is 1. The minimum Gasteiger partial charge on any atom is -0.458 e. The molecule has 1 atom stereocenters. The number of thiazole rings is 1. The van der Waals surface area contributed by atoms with Crippen LogP contribution in [0.2, 0.25) is 0 Å². The second kappa shape index (κ2) is 8.11. The van der Waals surface area contributed by atoms with Crippen LogP contribution in [-0.4, -0.2) is 35.8 Å². The molecule has 0 bridgehead atoms. The van der Waals surface area contributed by atoms with Crippen LogP contribution in [0.5, 0.6) is 0 Å². The van der Waals surface area contributed by atoms with E-state index in [2.05, 4.69) is 10.3 Å². The van der Waals surface area contributed by atoms with E-state index in [-0.39, 0.29) is 18.9 Å². The summed E-state index contributed by atoms with van der Waals surface area (Å²) in [4.78, 5) is 37.9. The first-order valence-electron chi connectivity index (χ1n) is 6.18. The summed E-state index contributed by atoms with van der Waals surface area (Å²) in [5, 5.41) is 13.6. The largest absolute Gasteiger partial charge is 0.458 e. The molecule has 1 aromatic rings. The van der Waals surface area contributed by atoms with Gasteiger partial charge in [-0.3, -0.25) is 14.4 Å². The minimum atomic E-state index is -1.02. The van der Waals surface area contributed by atoms with E-state index in [1.807, 2.05) is 6.07 Å². The Labute approximate surface area is 125 Å². The standard InChI is InChI=1S/C13H15N3O4S/c1-8-7-21-13(16-8)10(5-14)11(18)6-20-12(19)3-4-15-9(2)17/h7,10H,3-4,6H2,1-2H3,(H,15,17)/t10-/m1/s1. The summed E-state index contributed by atoms with van der Waals surface area (Å²) in [6, 6.07) is 1.86. The van der Waals surface area contributed by atoms with Crippen LogP contribution in [0.4, 0.5) is 0 Å². The molecule has 0 aliphatic heterocycles. The third-order valence-corrected chi connectivity index (χ3v) is 3.44. The molecule has 1 aromatic heterocycles. The van der Waals surface area contributed by atoms with E-state index in [1.165, 1.54) is 18.3 Å². The maximum atomic E-state index is 11.9. The lowest BCUT2D eigenvalue weighted by Gasteiger charge is -2.07. The number of aryl methyl sites for hydroxylation is 1. The number of Topliss-reactive ketones (excluding diaryl/α,β-unsaturated/α-hetero) is 1. The summed E-state index contributed by atoms with van der Waals surface area (Å²) in [5.74, 6) is -2.39. The quantitative estimate of drug-likeness (QED) is 0.742. The van der Waals surface area contributed by atoms with Crippen molar-refractivity contribution in [2.45, 2.75) is 26.2 Å². The molecule has 112 valence electrons. The van der Waals surface area contributed by atoms with Crippen molar-refractivity contribution in [1.82, 2.24) is 10.3 Å². The number of nitriles is 1. The molecule has 0 fully saturated rings. The smallest absolute Gasteiger partial charge is 0.308 e. The molecule has 0 unspecified atom stereocenters. The second-order valence-electron chi connectivity index (χ2n) is 4.25. The van der Waals surface area contributed by atoms with Gasteiger partial charge in [-0.05, 0) is 6.92 Å². The van der Waals surface area contributed by atoms with E-state index in [9.17, 15) is 14.4 Å². The van der Waals surface area contributed by atoms with Crippen LogP contribution in [0.25, 0.3) is 0 Å². The van der Waals surface area contributed by atoms with E-state index in [0.29, 0.717) is 5.01 Å². The third-order valence-electron chi connectivity index (χ3n) is 2.41. The van der Waals surface area contributed by atoms with Gasteiger partial charge in [-0.15, -0.1) is 11.3 Å². The molecule has 0 aliphatic rings. The van der Waals surface area contributed by atoms with Crippen molar-refractivity contribution in [1.29, 1.82) is 5.26 Å². The lowest BCUT2D eigenvalue weighted by atomic mass is 10.1. The zero-order valence-corrected chi connectivity index (χ0v) is 12.5. The average molecular weight is 309 g/mol. The lowest BCUT2D eigenvalue weighted by Crippen LogP contribution is -2.25. The molecular weight excluding hydrogens is 294 g/mol. The van der Waals surface area contributed by atoms with Gasteiger partial charge in [0, 0.05) is 24.5 Å². The highest BCUT2D eigenvalue weighted by Gasteiger charge is 2.24. The van der Waals surface area contributed by atoms with Crippen molar-refractivity contribution in [2.24, 2.45) is 0 Å². The van der Waals surface area contributed by atoms with E-state index in [1.54, 1.807) is 12.3 Å². The Kier molecular flexibility index (Phi) is 6.49. The molecule has 8 heteroatoms. The fourth-order valence-corrected chi connectivity index (χ4v) is 2.28. The molecule has 1 rings (SSSR count). The minimum absolute atomic E-state index is 0.0273. The third kappa shape index (κ3) is 5.71. The van der Waals surface area contributed by atoms with E-state index < -0.39 is 24.3 Å². The number of nitrogens with zero attached hydrogens (tertiary/aromatic N) is 2. The van der Waals surface area contributed by atoms with Gasteiger partial charge in [0.2, 0.25) is 5.91 Å². The number of aromatic nitrogens is 1. The molecular formula is C13H15N3O4S. The topological polar surface area (TPSA) is 109 Å². The molecule has 0 aromatic carbocycles. The van der Waals surface area contributed by atoms with Crippen molar-refractivity contribution < 1.29 is 19.1 Å². The number of carbonyl (C=O) groups excluding carboxylic acids is 3. The van der Waals surface area contributed by atoms with Crippen LogP contribution < -0.4 is 5.32 Å². The van der Waals surface area contributed by atoms with Crippen LogP contribution >= 0.6 is 11.3 Å². The molecule has 1 amide bonds. The summed E-state index contributed by atoms with van der Waals surface area (Å²) in [7, 11) is 0. The van der Waals surface area contributed by atoms with Crippen LogP contribution in [0, 0.1) is 18.3 Å². The molecule has 1 heterocycles. The Morgan fingerprint density at radius 2 is 2.24 bits per heavy atom. The first-order valence-corrected chi connectivity index (χ1v) is 7.06. The van der Waals surface area contributed by atoms with Crippen molar-refractivity contribution in [2.75, 3.05) is 13.2 Å². The number of rotatable bonds is 7. The first kappa shape index (κ1) is 16.8. The van der Waals surface area contributed by atoms with Gasteiger partial charge < -0.3 is 10.1 Å². The van der Waals surface area contributed by atoms with Gasteiger partial charge in [-0.25, -0.2) is 4.98 Å². The summed E-state index contributed by atoms with van der Waals surface area (Å²) in [6.07, 6.45) is -0.0273. The zero-order chi connectivity index (χ0) is 15.8. The number of nitrogens with one attached hydrogen (secondary N) is 1. The Morgan fingerprint density at radius 1 is 1.52 bits per heavy atom. The summed E-state index contributed by atoms with van der Waals surface area (Å²) >= 11 is 1.22. The molecule has 0 aliphatic carbocycles. The van der Waals surface area contributed by atoms with Crippen LogP contribution in [0.15, 0.2) is 5.38 Å². The van der Waals surface area contributed by atoms with Gasteiger partial charge in [0.1, 0.15) is 5.01 Å². The lowest BCUT2D eigenvalue weighted by molar-refractivity contribution is -0.148. The number of hydrogen-bond acceptors (Lipinski definition) is 7. The van der Waals surface area contributed by atoms with Gasteiger partial charge in [-0.1, -0.05) is 0 Å². The number of hydrogen-bond donors (Lipinski definition) is 1. The summed E-state index contributed by atoms with van der Waals surface area (Å²) < 4.78 is 4.78. The highest BCUT2D eigenvalue weighted by Crippen LogP contribution is 2.20. The average Bonchev–Trinajstić information content (AvgIpc) is 2.83. The Balaban J connectivity index is 2.43. The van der Waals surface area contributed by atoms with Crippen LogP contribution in [-0.2, 0) is 19.1 Å². The van der Waals surface area contributed by atoms with Gasteiger partial charge in [0.05, 0.1) is 12.5 Å². The molecule has 7 nitrogen and oxygen atoms in total. The summed E-state index contributed by atoms with van der Waals surface area (Å²) in [6.45, 7) is 2.77. The molecule has 0 saturated carbocycles. The van der Waals surface area contributed by atoms with E-state index >= 15 is 0 Å². The van der Waals surface area contributed by atoms with E-state index in [0.717, 1.165) is 5.69 Å². The predicted molar refractivity (Wildman–Crippen MR) is 74.5 cm³/mol. The molecule has 21 heavy (non-hydrogen) atoms. The van der Waals surface area contributed by atoms with Gasteiger partial charge >= 0.3 is 5.97 Å². The van der Waals surface area contributed by atoms with Crippen LogP contribution in [0.1, 0.15) is 30.0 Å². The number of amides is 1. The SMILES string of the molecule is CC(=O)NCCC(=O)OCC(=O)[C@@H](C#N)c1nc(C)cs1. The van der Waals surface area contributed by atoms with Crippen molar-refractivity contribution >= 4 is 29.0 Å². The van der Waals surface area contributed by atoms with Crippen molar-refractivity contribution in [3.8, 4) is 6.07 Å². The monoisotopic (exact) mass is 309 g/mol. The Bertz CT molecular complexity index is 576. The van der Waals surface area contributed by atoms with Crippen molar-refractivity contribution in [3.63, 3.8) is 0 Å². The highest BCUT2D eigenvalue weighted by molar-refractivity contribution is 7.09.